The average Bonchev–Trinajstić information content (AvgIpc) is 2.45. The van der Waals surface area contributed by atoms with Crippen LogP contribution in [0.15, 0.2) is 23.1 Å². The van der Waals surface area contributed by atoms with Crippen molar-refractivity contribution in [1.29, 1.82) is 0 Å². The van der Waals surface area contributed by atoms with Gasteiger partial charge in [0.05, 0.1) is 16.5 Å². The van der Waals surface area contributed by atoms with E-state index in [0.29, 0.717) is 25.0 Å². The van der Waals surface area contributed by atoms with E-state index in [1.807, 2.05) is 0 Å². The summed E-state index contributed by atoms with van der Waals surface area (Å²) >= 11 is 5.76. The van der Waals surface area contributed by atoms with E-state index in [4.69, 9.17) is 11.6 Å². The van der Waals surface area contributed by atoms with E-state index in [1.54, 1.807) is 0 Å². The van der Waals surface area contributed by atoms with Gasteiger partial charge in [-0.3, -0.25) is 4.79 Å². The van der Waals surface area contributed by atoms with Crippen LogP contribution in [0, 0.1) is 5.92 Å². The lowest BCUT2D eigenvalue weighted by Crippen LogP contribution is -2.49. The number of piperidine rings is 1. The maximum absolute atomic E-state index is 12.7. The third-order valence-electron chi connectivity index (χ3n) is 4.09. The molecule has 1 N–H and O–H groups in total. The summed E-state index contributed by atoms with van der Waals surface area (Å²) in [4.78, 5) is 10.8. The van der Waals surface area contributed by atoms with E-state index in [2.05, 4.69) is 0 Å². The minimum absolute atomic E-state index is 0.0879. The van der Waals surface area contributed by atoms with Gasteiger partial charge in [0.2, 0.25) is 10.0 Å². The Labute approximate surface area is 142 Å². The van der Waals surface area contributed by atoms with Crippen molar-refractivity contribution in [2.24, 2.45) is 5.92 Å². The molecule has 0 amide bonds. The summed E-state index contributed by atoms with van der Waals surface area (Å²) < 4.78 is 64.4. The lowest BCUT2D eigenvalue weighted by atomic mass is 9.92. The van der Waals surface area contributed by atoms with Crippen molar-refractivity contribution in [3.63, 3.8) is 0 Å². The Kier molecular flexibility index (Phi) is 5.17. The van der Waals surface area contributed by atoms with Crippen LogP contribution in [-0.4, -0.2) is 36.4 Å². The SMILES string of the molecule is C[C@@H]1[C@H](C(=O)O)CCCN1S(=O)(=O)c1ccc(C(F)(F)F)cc1Cl. The van der Waals surface area contributed by atoms with Crippen molar-refractivity contribution in [2.75, 3.05) is 6.54 Å². The van der Waals surface area contributed by atoms with Crippen LogP contribution >= 0.6 is 11.6 Å². The minimum atomic E-state index is -4.64. The molecule has 1 aliphatic rings. The Hall–Kier alpha value is -1.32. The van der Waals surface area contributed by atoms with Crippen molar-refractivity contribution >= 4 is 27.6 Å². The highest BCUT2D eigenvalue weighted by molar-refractivity contribution is 7.89. The molecule has 2 rings (SSSR count). The number of carboxylic acid groups (broad SMARTS) is 1. The van der Waals surface area contributed by atoms with Gasteiger partial charge in [0, 0.05) is 12.6 Å². The number of benzene rings is 1. The molecule has 134 valence electrons. The molecule has 0 bridgehead atoms. The predicted molar refractivity (Wildman–Crippen MR) is 80.2 cm³/mol. The van der Waals surface area contributed by atoms with Crippen LogP contribution in [-0.2, 0) is 21.0 Å². The number of hydrogen-bond acceptors (Lipinski definition) is 3. The first kappa shape index (κ1) is 19.0. The molecule has 0 aliphatic carbocycles. The smallest absolute Gasteiger partial charge is 0.416 e. The van der Waals surface area contributed by atoms with Crippen molar-refractivity contribution in [3.05, 3.63) is 28.8 Å². The number of aliphatic carboxylic acids is 1. The topological polar surface area (TPSA) is 74.7 Å². The largest absolute Gasteiger partial charge is 0.481 e. The van der Waals surface area contributed by atoms with Crippen LogP contribution in [0.25, 0.3) is 0 Å². The molecule has 5 nitrogen and oxygen atoms in total. The monoisotopic (exact) mass is 385 g/mol. The van der Waals surface area contributed by atoms with Gasteiger partial charge in [0.15, 0.2) is 0 Å². The number of halogens is 4. The summed E-state index contributed by atoms with van der Waals surface area (Å²) in [5, 5.41) is 8.62. The number of sulfonamides is 1. The van der Waals surface area contributed by atoms with Gasteiger partial charge in [-0.15, -0.1) is 0 Å². The van der Waals surface area contributed by atoms with Crippen molar-refractivity contribution < 1.29 is 31.5 Å². The molecule has 2 atom stereocenters. The van der Waals surface area contributed by atoms with Gasteiger partial charge in [-0.25, -0.2) is 8.42 Å². The Bertz CT molecular complexity index is 751. The van der Waals surface area contributed by atoms with Crippen LogP contribution in [0.3, 0.4) is 0 Å². The molecule has 0 aromatic heterocycles. The molecule has 24 heavy (non-hydrogen) atoms. The molecule has 0 spiro atoms. The highest BCUT2D eigenvalue weighted by Gasteiger charge is 2.40. The molecule has 0 radical (unpaired) electrons. The first-order valence-corrected chi connectivity index (χ1v) is 8.89. The number of hydrogen-bond donors (Lipinski definition) is 1. The summed E-state index contributed by atoms with van der Waals surface area (Å²) in [6, 6.07) is 1.18. The van der Waals surface area contributed by atoms with Gasteiger partial charge in [-0.2, -0.15) is 17.5 Å². The number of carbonyl (C=O) groups is 1. The summed E-state index contributed by atoms with van der Waals surface area (Å²) in [7, 11) is -4.20. The Morgan fingerprint density at radius 1 is 1.38 bits per heavy atom. The number of rotatable bonds is 3. The Balaban J connectivity index is 2.42. The highest BCUT2D eigenvalue weighted by atomic mass is 35.5. The zero-order chi connectivity index (χ0) is 18.3. The normalized spacial score (nSPS) is 23.2. The van der Waals surface area contributed by atoms with Gasteiger partial charge in [0.1, 0.15) is 4.90 Å². The Morgan fingerprint density at radius 3 is 2.50 bits per heavy atom. The van der Waals surface area contributed by atoms with Crippen molar-refractivity contribution in [3.8, 4) is 0 Å². The summed E-state index contributed by atoms with van der Waals surface area (Å²) in [6.45, 7) is 1.55. The second-order valence-corrected chi connectivity index (χ2v) is 7.85. The zero-order valence-electron chi connectivity index (χ0n) is 12.5. The second-order valence-electron chi connectivity index (χ2n) is 5.59. The van der Waals surface area contributed by atoms with Crippen molar-refractivity contribution in [2.45, 2.75) is 36.9 Å². The molecule has 1 aromatic carbocycles. The van der Waals surface area contributed by atoms with Gasteiger partial charge in [0.25, 0.3) is 0 Å². The first-order chi connectivity index (χ1) is 11.0. The molecule has 1 heterocycles. The minimum Gasteiger partial charge on any atom is -0.481 e. The van der Waals surface area contributed by atoms with Crippen LogP contribution in [0.5, 0.6) is 0 Å². The molecule has 1 fully saturated rings. The van der Waals surface area contributed by atoms with E-state index in [1.165, 1.54) is 6.92 Å². The summed E-state index contributed by atoms with van der Waals surface area (Å²) in [5.74, 6) is -1.98. The predicted octanol–water partition coefficient (Wildman–Crippen LogP) is 3.23. The van der Waals surface area contributed by atoms with Gasteiger partial charge >= 0.3 is 12.1 Å². The Morgan fingerprint density at radius 2 is 2.00 bits per heavy atom. The first-order valence-electron chi connectivity index (χ1n) is 7.07. The molecule has 1 saturated heterocycles. The maximum atomic E-state index is 12.7. The van der Waals surface area contributed by atoms with E-state index < -0.39 is 49.6 Å². The highest BCUT2D eigenvalue weighted by Crippen LogP contribution is 2.36. The van der Waals surface area contributed by atoms with E-state index >= 15 is 0 Å². The van der Waals surface area contributed by atoms with Crippen molar-refractivity contribution in [1.82, 2.24) is 4.31 Å². The second kappa shape index (κ2) is 6.53. The fraction of sp³-hybridized carbons (Fsp3) is 0.500. The van der Waals surface area contributed by atoms with E-state index in [9.17, 15) is 31.5 Å². The molecular weight excluding hydrogens is 371 g/mol. The van der Waals surface area contributed by atoms with E-state index in [-0.39, 0.29) is 6.54 Å². The lowest BCUT2D eigenvalue weighted by Gasteiger charge is -2.36. The maximum Gasteiger partial charge on any atom is 0.416 e. The van der Waals surface area contributed by atoms with Gasteiger partial charge in [-0.05, 0) is 38.0 Å². The van der Waals surface area contributed by atoms with Gasteiger partial charge < -0.3 is 5.11 Å². The van der Waals surface area contributed by atoms with Gasteiger partial charge in [-0.1, -0.05) is 11.6 Å². The van der Waals surface area contributed by atoms with E-state index in [0.717, 1.165) is 10.4 Å². The fourth-order valence-corrected chi connectivity index (χ4v) is 5.02. The number of alkyl halides is 3. The van der Waals surface area contributed by atoms with Crippen LogP contribution in [0.2, 0.25) is 5.02 Å². The third kappa shape index (κ3) is 3.52. The number of carboxylic acids is 1. The summed E-state index contributed by atoms with van der Waals surface area (Å²) in [5.41, 5.74) is -1.05. The molecule has 0 unspecified atom stereocenters. The molecule has 1 aliphatic heterocycles. The quantitative estimate of drug-likeness (QED) is 0.866. The van der Waals surface area contributed by atoms with Crippen LogP contribution < -0.4 is 0 Å². The zero-order valence-corrected chi connectivity index (χ0v) is 14.1. The van der Waals surface area contributed by atoms with Crippen LogP contribution in [0.4, 0.5) is 13.2 Å². The third-order valence-corrected chi connectivity index (χ3v) is 6.56. The standard InChI is InChI=1S/C14H15ClF3NO4S/c1-8-10(13(20)21)3-2-6-19(8)24(22,23)12-5-4-9(7-11(12)15)14(16,17)18/h4-5,7-8,10H,2-3,6H2,1H3,(H,20,21)/t8-,10-/m1/s1. The molecule has 0 saturated carbocycles. The average molecular weight is 386 g/mol. The lowest BCUT2D eigenvalue weighted by molar-refractivity contribution is -0.144. The fourth-order valence-electron chi connectivity index (χ4n) is 2.79. The molecular formula is C14H15ClF3NO4S. The number of nitrogens with zero attached hydrogens (tertiary/aromatic N) is 1. The van der Waals surface area contributed by atoms with Crippen LogP contribution in [0.1, 0.15) is 25.3 Å². The molecule has 1 aromatic rings. The molecule has 10 heteroatoms. The summed E-state index contributed by atoms with van der Waals surface area (Å²) in [6.07, 6.45) is -3.96.